The van der Waals surface area contributed by atoms with E-state index < -0.39 is 0 Å². The predicted octanol–water partition coefficient (Wildman–Crippen LogP) is 11.7. The summed E-state index contributed by atoms with van der Waals surface area (Å²) in [5.41, 5.74) is 1.47. The number of hydrogen-bond acceptors (Lipinski definition) is 2. The van der Waals surface area contributed by atoms with Crippen LogP contribution in [0.1, 0.15) is 161 Å². The molecule has 1 heterocycles. The van der Waals surface area contributed by atoms with Crippen molar-refractivity contribution >= 4 is 12.4 Å². The fourth-order valence-corrected chi connectivity index (χ4v) is 6.13. The minimum Gasteiger partial charge on any atom is -0.0965 e. The first-order valence-corrected chi connectivity index (χ1v) is 16.8. The highest BCUT2D eigenvalue weighted by atomic mass is 15.0. The lowest BCUT2D eigenvalue weighted by Crippen LogP contribution is -2.22. The normalized spacial score (nSPS) is 14.4. The molecular weight excluding hydrogens is 460 g/mol. The van der Waals surface area contributed by atoms with E-state index in [1.807, 2.05) is 12.4 Å². The average molecular weight is 522 g/mol. The molecule has 0 fully saturated rings. The van der Waals surface area contributed by atoms with E-state index >= 15 is 0 Å². The fourth-order valence-electron chi connectivity index (χ4n) is 6.13. The van der Waals surface area contributed by atoms with Gasteiger partial charge in [0.05, 0.1) is 5.92 Å². The summed E-state index contributed by atoms with van der Waals surface area (Å²) in [5, 5.41) is 0. The Balaban J connectivity index is 1.66. The van der Waals surface area contributed by atoms with Crippen LogP contribution in [0.2, 0.25) is 0 Å². The van der Waals surface area contributed by atoms with E-state index in [1.165, 1.54) is 147 Å². The molecule has 1 aromatic carbocycles. The summed E-state index contributed by atoms with van der Waals surface area (Å²) in [5.74, 6) is 1.14. The van der Waals surface area contributed by atoms with Gasteiger partial charge in [-0.3, -0.25) is 0 Å². The molecule has 214 valence electrons. The first kappa shape index (κ1) is 32.6. The van der Waals surface area contributed by atoms with Crippen LogP contribution in [0.4, 0.5) is 0 Å². The van der Waals surface area contributed by atoms with E-state index in [4.69, 9.17) is 9.98 Å². The summed E-state index contributed by atoms with van der Waals surface area (Å²) in [6.07, 6.45) is 36.7. The van der Waals surface area contributed by atoms with Gasteiger partial charge in [0.15, 0.2) is 12.4 Å². The molecule has 2 rings (SSSR count). The highest BCUT2D eigenvalue weighted by Gasteiger charge is 2.35. The Hall–Kier alpha value is -1.57. The molecule has 0 spiro atoms. The van der Waals surface area contributed by atoms with E-state index in [2.05, 4.69) is 44.2 Å². The van der Waals surface area contributed by atoms with Gasteiger partial charge >= 0.3 is 0 Å². The van der Waals surface area contributed by atoms with Crippen LogP contribution in [0.15, 0.2) is 40.3 Å². The predicted molar refractivity (Wildman–Crippen MR) is 170 cm³/mol. The van der Waals surface area contributed by atoms with Crippen molar-refractivity contribution < 1.29 is 0 Å². The second-order valence-electron chi connectivity index (χ2n) is 11.9. The molecule has 2 heteroatoms. The molecule has 2 nitrogen and oxygen atoms in total. The quantitative estimate of drug-likeness (QED) is 0.0855. The third-order valence-electron chi connectivity index (χ3n) is 8.52. The van der Waals surface area contributed by atoms with Crippen molar-refractivity contribution in [1.82, 2.24) is 0 Å². The summed E-state index contributed by atoms with van der Waals surface area (Å²) >= 11 is 0. The van der Waals surface area contributed by atoms with Crippen LogP contribution in [-0.2, 0) is 6.42 Å². The van der Waals surface area contributed by atoms with E-state index in [-0.39, 0.29) is 0 Å². The molecule has 2 unspecified atom stereocenters. The van der Waals surface area contributed by atoms with Gasteiger partial charge in [-0.25, -0.2) is 0 Å². The van der Waals surface area contributed by atoms with Crippen molar-refractivity contribution in [1.29, 1.82) is 0 Å². The maximum absolute atomic E-state index is 4.71. The van der Waals surface area contributed by atoms with Gasteiger partial charge in [0, 0.05) is 0 Å². The molecule has 0 saturated carbocycles. The lowest BCUT2D eigenvalue weighted by molar-refractivity contribution is 0.284. The van der Waals surface area contributed by atoms with Crippen LogP contribution in [0.3, 0.4) is 0 Å². The Labute approximate surface area is 237 Å². The van der Waals surface area contributed by atoms with Crippen molar-refractivity contribution in [2.75, 3.05) is 0 Å². The van der Waals surface area contributed by atoms with Crippen LogP contribution in [-0.4, -0.2) is 12.4 Å². The number of benzene rings is 1. The third kappa shape index (κ3) is 15.7. The number of unbranched alkanes of at least 4 members (excludes halogenated alkanes) is 18. The van der Waals surface area contributed by atoms with Crippen molar-refractivity contribution in [3.05, 3.63) is 42.1 Å². The zero-order chi connectivity index (χ0) is 26.9. The minimum absolute atomic E-state index is 0.498. The van der Waals surface area contributed by atoms with Crippen molar-refractivity contribution in [2.45, 2.75) is 162 Å². The van der Waals surface area contributed by atoms with Crippen LogP contribution in [0.25, 0.3) is 0 Å². The second kappa shape index (κ2) is 23.3. The van der Waals surface area contributed by atoms with Crippen molar-refractivity contribution in [2.24, 2.45) is 21.8 Å². The van der Waals surface area contributed by atoms with Gasteiger partial charge in [0.25, 0.3) is 0 Å². The van der Waals surface area contributed by atoms with Gasteiger partial charge in [-0.1, -0.05) is 183 Å². The molecule has 0 N–H and O–H groups in total. The van der Waals surface area contributed by atoms with Gasteiger partial charge in [-0.2, -0.15) is 0 Å². The van der Waals surface area contributed by atoms with E-state index in [1.54, 1.807) is 0 Å². The zero-order valence-corrected chi connectivity index (χ0v) is 25.4. The van der Waals surface area contributed by atoms with Crippen LogP contribution >= 0.6 is 0 Å². The molecule has 0 radical (unpaired) electrons. The molecule has 1 aromatic rings. The Bertz CT molecular complexity index is 683. The van der Waals surface area contributed by atoms with E-state index in [9.17, 15) is 0 Å². The van der Waals surface area contributed by atoms with E-state index in [0.29, 0.717) is 11.8 Å². The monoisotopic (exact) mass is 521 g/mol. The topological polar surface area (TPSA) is 24.7 Å². The standard InChI is InChI=1S/C36H61N2/c1-3-5-7-9-10-11-12-13-14-15-16-17-18-20-25-29-35(36-37-30-31-38-36)34(28-24-19-8-6-4-2)32-33-26-22-21-23-27-33/h21-23,26-27,30-31,34-35H,3-20,24-25,28-29,32H2,1-2H3/q+1. The number of nitrogens with zero attached hydrogens (tertiary/aromatic N) is 2. The summed E-state index contributed by atoms with van der Waals surface area (Å²) in [6.45, 7) is 4.61. The number of rotatable bonds is 26. The van der Waals surface area contributed by atoms with Crippen molar-refractivity contribution in [3.63, 3.8) is 0 Å². The first-order valence-electron chi connectivity index (χ1n) is 16.8. The summed E-state index contributed by atoms with van der Waals surface area (Å²) in [6, 6.07) is 11.1. The molecule has 0 bridgehead atoms. The maximum atomic E-state index is 4.71. The van der Waals surface area contributed by atoms with Gasteiger partial charge in [-0.05, 0) is 30.7 Å². The molecule has 1 aliphatic rings. The Morgan fingerprint density at radius 3 is 1.42 bits per heavy atom. The molecule has 0 aromatic heterocycles. The van der Waals surface area contributed by atoms with Gasteiger partial charge in [0.2, 0.25) is 6.17 Å². The van der Waals surface area contributed by atoms with Crippen molar-refractivity contribution in [3.8, 4) is 0 Å². The minimum atomic E-state index is 0.498. The summed E-state index contributed by atoms with van der Waals surface area (Å²) < 4.78 is 0. The second-order valence-corrected chi connectivity index (χ2v) is 11.9. The molecule has 0 amide bonds. The number of aliphatic imine (C=N–C) groups is 2. The third-order valence-corrected chi connectivity index (χ3v) is 8.52. The van der Waals surface area contributed by atoms with Gasteiger partial charge in [-0.15, -0.1) is 0 Å². The number of hydrogen-bond donors (Lipinski definition) is 0. The van der Waals surface area contributed by atoms with Crippen LogP contribution < -0.4 is 0 Å². The molecule has 2 atom stereocenters. The Morgan fingerprint density at radius 2 is 0.947 bits per heavy atom. The Kier molecular flexibility index (Phi) is 20.0. The highest BCUT2D eigenvalue weighted by molar-refractivity contribution is 6.18. The lowest BCUT2D eigenvalue weighted by atomic mass is 9.78. The molecule has 1 aliphatic heterocycles. The molecule has 38 heavy (non-hydrogen) atoms. The summed E-state index contributed by atoms with van der Waals surface area (Å²) in [4.78, 5) is 9.43. The van der Waals surface area contributed by atoms with E-state index in [0.717, 1.165) is 12.6 Å². The maximum Gasteiger partial charge on any atom is 0.244 e. The smallest absolute Gasteiger partial charge is 0.0965 e. The molecular formula is C36H61N2+. The average Bonchev–Trinajstić information content (AvgIpc) is 3.47. The van der Waals surface area contributed by atoms with Gasteiger partial charge in [0.1, 0.15) is 0 Å². The highest BCUT2D eigenvalue weighted by Crippen LogP contribution is 2.37. The lowest BCUT2D eigenvalue weighted by Gasteiger charge is -2.26. The largest absolute Gasteiger partial charge is 0.244 e. The fraction of sp³-hybridized carbons (Fsp3) is 0.750. The summed E-state index contributed by atoms with van der Waals surface area (Å²) in [7, 11) is 0. The van der Waals surface area contributed by atoms with Crippen LogP contribution in [0, 0.1) is 18.0 Å². The van der Waals surface area contributed by atoms with Gasteiger partial charge < -0.3 is 0 Å². The van der Waals surface area contributed by atoms with Crippen LogP contribution in [0.5, 0.6) is 0 Å². The zero-order valence-electron chi connectivity index (χ0n) is 25.4. The molecule has 0 aliphatic carbocycles. The first-order chi connectivity index (χ1) is 18.8. The SMILES string of the molecule is CCCCCCCCCCCCCCCCCC([C+]1N=CC=N1)C(CCCCCCC)Cc1ccccc1. The Morgan fingerprint density at radius 1 is 0.526 bits per heavy atom. The molecule has 0 saturated heterocycles.